The molecule has 20 heavy (non-hydrogen) atoms. The summed E-state index contributed by atoms with van der Waals surface area (Å²) < 4.78 is 5.42. The number of hydrogen-bond donors (Lipinski definition) is 1. The summed E-state index contributed by atoms with van der Waals surface area (Å²) in [7, 11) is 0. The van der Waals surface area contributed by atoms with Crippen LogP contribution in [0.5, 0.6) is 0 Å². The molecule has 0 saturated heterocycles. The van der Waals surface area contributed by atoms with Gasteiger partial charge in [0, 0.05) is 19.0 Å². The maximum absolute atomic E-state index is 11.9. The van der Waals surface area contributed by atoms with Gasteiger partial charge in [0.05, 0.1) is 0 Å². The normalized spacial score (nSPS) is 10.7. The quantitative estimate of drug-likeness (QED) is 0.792. The molecule has 1 amide bonds. The Morgan fingerprint density at radius 2 is 2.00 bits per heavy atom. The van der Waals surface area contributed by atoms with Gasteiger partial charge in [-0.3, -0.25) is 4.79 Å². The Bertz CT molecular complexity index is 748. The van der Waals surface area contributed by atoms with E-state index in [0.717, 1.165) is 16.7 Å². The van der Waals surface area contributed by atoms with Crippen molar-refractivity contribution in [2.75, 3.05) is 0 Å². The average molecular weight is 266 g/mol. The molecular formula is C16H14N2O2. The first-order chi connectivity index (χ1) is 9.72. The second kappa shape index (κ2) is 5.17. The Morgan fingerprint density at radius 3 is 2.80 bits per heavy atom. The van der Waals surface area contributed by atoms with Crippen molar-refractivity contribution in [2.45, 2.75) is 13.5 Å². The summed E-state index contributed by atoms with van der Waals surface area (Å²) in [5.41, 5.74) is 3.23. The lowest BCUT2D eigenvalue weighted by molar-refractivity contribution is 0.0951. The fourth-order valence-corrected chi connectivity index (χ4v) is 2.07. The second-order valence-corrected chi connectivity index (χ2v) is 4.58. The highest BCUT2D eigenvalue weighted by atomic mass is 16.3. The number of nitrogens with one attached hydrogen (secondary N) is 1. The van der Waals surface area contributed by atoms with Crippen LogP contribution < -0.4 is 5.32 Å². The van der Waals surface area contributed by atoms with Crippen molar-refractivity contribution in [2.24, 2.45) is 0 Å². The zero-order chi connectivity index (χ0) is 13.9. The first-order valence-corrected chi connectivity index (χ1v) is 6.42. The first-order valence-electron chi connectivity index (χ1n) is 6.42. The van der Waals surface area contributed by atoms with E-state index in [4.69, 9.17) is 4.42 Å². The number of aryl methyl sites for hydroxylation is 1. The van der Waals surface area contributed by atoms with Crippen molar-refractivity contribution in [1.29, 1.82) is 0 Å². The van der Waals surface area contributed by atoms with E-state index in [9.17, 15) is 4.79 Å². The van der Waals surface area contributed by atoms with Crippen LogP contribution in [-0.4, -0.2) is 10.9 Å². The second-order valence-electron chi connectivity index (χ2n) is 4.58. The zero-order valence-corrected chi connectivity index (χ0v) is 11.1. The van der Waals surface area contributed by atoms with Crippen molar-refractivity contribution >= 4 is 17.0 Å². The van der Waals surface area contributed by atoms with E-state index >= 15 is 0 Å². The summed E-state index contributed by atoms with van der Waals surface area (Å²) in [6.07, 6.45) is 0. The van der Waals surface area contributed by atoms with Crippen LogP contribution in [0.15, 0.2) is 52.9 Å². The zero-order valence-electron chi connectivity index (χ0n) is 11.1. The van der Waals surface area contributed by atoms with Crippen molar-refractivity contribution in [3.05, 3.63) is 65.5 Å². The summed E-state index contributed by atoms with van der Waals surface area (Å²) in [4.78, 5) is 16.2. The fraction of sp³-hybridized carbons (Fsp3) is 0.125. The molecule has 4 nitrogen and oxygen atoms in total. The Morgan fingerprint density at radius 1 is 1.20 bits per heavy atom. The van der Waals surface area contributed by atoms with E-state index in [1.807, 2.05) is 43.3 Å². The molecule has 0 aliphatic heterocycles. The number of fused-ring (bicyclic) bond motifs is 1. The molecule has 1 N–H and O–H groups in total. The van der Waals surface area contributed by atoms with Gasteiger partial charge >= 0.3 is 0 Å². The van der Waals surface area contributed by atoms with Gasteiger partial charge in [0.25, 0.3) is 5.91 Å². The van der Waals surface area contributed by atoms with Crippen molar-refractivity contribution in [3.8, 4) is 0 Å². The molecule has 0 unspecified atom stereocenters. The molecule has 0 bridgehead atoms. The van der Waals surface area contributed by atoms with Crippen molar-refractivity contribution in [3.63, 3.8) is 0 Å². The summed E-state index contributed by atoms with van der Waals surface area (Å²) in [5.74, 6) is 0.563. The molecule has 0 radical (unpaired) electrons. The Kier molecular flexibility index (Phi) is 3.21. The highest BCUT2D eigenvalue weighted by molar-refractivity contribution is 5.94. The lowest BCUT2D eigenvalue weighted by Gasteiger charge is -2.05. The van der Waals surface area contributed by atoms with E-state index < -0.39 is 0 Å². The molecule has 4 heteroatoms. The molecule has 2 aromatic carbocycles. The molecule has 0 fully saturated rings. The van der Waals surface area contributed by atoms with Gasteiger partial charge in [-0.2, -0.15) is 0 Å². The van der Waals surface area contributed by atoms with Gasteiger partial charge in [0.2, 0.25) is 0 Å². The molecule has 0 aliphatic carbocycles. The number of nitrogens with zero attached hydrogens (tertiary/aromatic N) is 1. The van der Waals surface area contributed by atoms with E-state index in [-0.39, 0.29) is 5.91 Å². The van der Waals surface area contributed by atoms with Crippen LogP contribution >= 0.6 is 0 Å². The number of aromatic nitrogens is 1. The van der Waals surface area contributed by atoms with Crippen LogP contribution in [0.3, 0.4) is 0 Å². The fourth-order valence-electron chi connectivity index (χ4n) is 2.07. The standard InChI is InChI=1S/C16H14N2O2/c1-11-18-14-9-12(7-8-15(14)20-11)10-17-16(19)13-5-3-2-4-6-13/h2-9H,10H2,1H3,(H,17,19). The molecule has 0 atom stereocenters. The van der Waals surface area contributed by atoms with E-state index in [0.29, 0.717) is 18.0 Å². The smallest absolute Gasteiger partial charge is 0.251 e. The van der Waals surface area contributed by atoms with Gasteiger partial charge < -0.3 is 9.73 Å². The van der Waals surface area contributed by atoms with Crippen molar-refractivity contribution < 1.29 is 9.21 Å². The molecular weight excluding hydrogens is 252 g/mol. The lowest BCUT2D eigenvalue weighted by atomic mass is 10.2. The van der Waals surface area contributed by atoms with Crippen LogP contribution in [-0.2, 0) is 6.54 Å². The van der Waals surface area contributed by atoms with Gasteiger partial charge in [-0.05, 0) is 29.8 Å². The van der Waals surface area contributed by atoms with E-state index in [1.54, 1.807) is 12.1 Å². The molecule has 0 spiro atoms. The minimum atomic E-state index is -0.0815. The number of oxazole rings is 1. The summed E-state index contributed by atoms with van der Waals surface area (Å²) in [6, 6.07) is 14.9. The highest BCUT2D eigenvalue weighted by Gasteiger charge is 2.06. The van der Waals surface area contributed by atoms with E-state index in [1.165, 1.54) is 0 Å². The van der Waals surface area contributed by atoms with E-state index in [2.05, 4.69) is 10.3 Å². The minimum absolute atomic E-state index is 0.0815. The third-order valence-corrected chi connectivity index (χ3v) is 3.05. The van der Waals surface area contributed by atoms with Gasteiger partial charge in [0.1, 0.15) is 5.52 Å². The number of rotatable bonds is 3. The van der Waals surface area contributed by atoms with Crippen molar-refractivity contribution in [1.82, 2.24) is 10.3 Å². The number of benzene rings is 2. The van der Waals surface area contributed by atoms with Gasteiger partial charge in [-0.1, -0.05) is 24.3 Å². The molecule has 1 heterocycles. The molecule has 0 aliphatic rings. The monoisotopic (exact) mass is 266 g/mol. The first kappa shape index (κ1) is 12.4. The van der Waals surface area contributed by atoms with Crippen LogP contribution in [0.4, 0.5) is 0 Å². The summed E-state index contributed by atoms with van der Waals surface area (Å²) in [5, 5.41) is 2.89. The number of hydrogen-bond acceptors (Lipinski definition) is 3. The summed E-state index contributed by atoms with van der Waals surface area (Å²) in [6.45, 7) is 2.28. The van der Waals surface area contributed by atoms with Crippen LogP contribution in [0.2, 0.25) is 0 Å². The molecule has 100 valence electrons. The molecule has 3 aromatic rings. The van der Waals surface area contributed by atoms with Crippen LogP contribution in [0.25, 0.3) is 11.1 Å². The van der Waals surface area contributed by atoms with Crippen LogP contribution in [0.1, 0.15) is 21.8 Å². The summed E-state index contributed by atoms with van der Waals surface area (Å²) >= 11 is 0. The number of amides is 1. The lowest BCUT2D eigenvalue weighted by Crippen LogP contribution is -2.22. The van der Waals surface area contributed by atoms with Gasteiger partial charge in [0.15, 0.2) is 11.5 Å². The highest BCUT2D eigenvalue weighted by Crippen LogP contribution is 2.16. The molecule has 0 saturated carbocycles. The number of carbonyl (C=O) groups excluding carboxylic acids is 1. The van der Waals surface area contributed by atoms with Gasteiger partial charge in [-0.25, -0.2) is 4.98 Å². The number of carbonyl (C=O) groups is 1. The Hall–Kier alpha value is -2.62. The largest absolute Gasteiger partial charge is 0.441 e. The SMILES string of the molecule is Cc1nc2cc(CNC(=O)c3ccccc3)ccc2o1. The maximum atomic E-state index is 11.9. The van der Waals surface area contributed by atoms with Crippen LogP contribution in [0, 0.1) is 6.92 Å². The Labute approximate surface area is 116 Å². The third kappa shape index (κ3) is 2.54. The Balaban J connectivity index is 1.72. The maximum Gasteiger partial charge on any atom is 0.251 e. The third-order valence-electron chi connectivity index (χ3n) is 3.05. The predicted molar refractivity (Wildman–Crippen MR) is 76.4 cm³/mol. The minimum Gasteiger partial charge on any atom is -0.441 e. The predicted octanol–water partition coefficient (Wildman–Crippen LogP) is 3.07. The average Bonchev–Trinajstić information content (AvgIpc) is 2.85. The molecule has 1 aromatic heterocycles. The topological polar surface area (TPSA) is 55.1 Å². The van der Waals surface area contributed by atoms with Gasteiger partial charge in [-0.15, -0.1) is 0 Å². The molecule has 3 rings (SSSR count).